The van der Waals surface area contributed by atoms with Gasteiger partial charge >= 0.3 is 5.97 Å². The molecule has 0 aliphatic heterocycles. The summed E-state index contributed by atoms with van der Waals surface area (Å²) in [4.78, 5) is 23.2. The van der Waals surface area contributed by atoms with E-state index in [1.807, 2.05) is 26.0 Å². The van der Waals surface area contributed by atoms with Crippen LogP contribution in [-0.4, -0.2) is 29.1 Å². The lowest BCUT2D eigenvalue weighted by Gasteiger charge is -2.16. The Morgan fingerprint density at radius 2 is 2.00 bits per heavy atom. The smallest absolute Gasteiger partial charge is 0.326 e. The number of aliphatic carboxylic acids is 1. The van der Waals surface area contributed by atoms with Gasteiger partial charge in [0, 0.05) is 5.56 Å². The molecule has 1 rings (SSSR count). The average Bonchev–Trinajstić information content (AvgIpc) is 2.44. The predicted octanol–water partition coefficient (Wildman–Crippen LogP) is 2.55. The molecule has 1 aromatic carbocycles. The molecule has 0 bridgehead atoms. The first-order chi connectivity index (χ1) is 10.4. The summed E-state index contributed by atoms with van der Waals surface area (Å²) in [6.45, 7) is 5.63. The van der Waals surface area contributed by atoms with Crippen molar-refractivity contribution in [3.63, 3.8) is 0 Å². The Balaban J connectivity index is 2.73. The fourth-order valence-corrected chi connectivity index (χ4v) is 1.93. The van der Waals surface area contributed by atoms with Crippen molar-refractivity contribution in [1.29, 1.82) is 0 Å². The number of amides is 1. The van der Waals surface area contributed by atoms with Gasteiger partial charge in [-0.15, -0.1) is 0 Å². The van der Waals surface area contributed by atoms with Crippen LogP contribution in [0.25, 0.3) is 0 Å². The molecule has 1 unspecified atom stereocenters. The van der Waals surface area contributed by atoms with Gasteiger partial charge in [-0.05, 0) is 33.3 Å². The molecular weight excluding hydrogens is 282 g/mol. The van der Waals surface area contributed by atoms with Gasteiger partial charge in [0.15, 0.2) is 0 Å². The molecule has 0 saturated heterocycles. The Bertz CT molecular complexity index is 537. The summed E-state index contributed by atoms with van der Waals surface area (Å²) in [7, 11) is 0. The number of carbonyl (C=O) groups is 2. The Morgan fingerprint density at radius 1 is 1.32 bits per heavy atom. The Hall–Kier alpha value is -2.30. The highest BCUT2D eigenvalue weighted by Gasteiger charge is 2.19. The minimum Gasteiger partial charge on any atom is -0.491 e. The van der Waals surface area contributed by atoms with Crippen LogP contribution in [0.5, 0.6) is 5.75 Å². The Kier molecular flexibility index (Phi) is 7.16. The monoisotopic (exact) mass is 305 g/mol. The standard InChI is InChI=1S/C17H23NO4/c1-4-5-9-14(17(20)21)18-16(19)11-13-8-6-7-10-15(13)22-12(2)3/h4-8,10,12,14H,9,11H2,1-3H3,(H,18,19)(H,20,21)/b5-4+. The number of ether oxygens (including phenoxy) is 1. The van der Waals surface area contributed by atoms with E-state index in [-0.39, 0.29) is 24.9 Å². The maximum atomic E-state index is 12.1. The average molecular weight is 305 g/mol. The maximum absolute atomic E-state index is 12.1. The molecule has 2 N–H and O–H groups in total. The molecule has 0 fully saturated rings. The fraction of sp³-hybridized carbons (Fsp3) is 0.412. The van der Waals surface area contributed by atoms with Gasteiger partial charge in [-0.1, -0.05) is 30.4 Å². The summed E-state index contributed by atoms with van der Waals surface area (Å²) >= 11 is 0. The van der Waals surface area contributed by atoms with Crippen LogP contribution in [0.15, 0.2) is 36.4 Å². The van der Waals surface area contributed by atoms with Crippen LogP contribution in [0.2, 0.25) is 0 Å². The fourth-order valence-electron chi connectivity index (χ4n) is 1.93. The van der Waals surface area contributed by atoms with E-state index in [1.165, 1.54) is 0 Å². The van der Waals surface area contributed by atoms with Crippen molar-refractivity contribution in [1.82, 2.24) is 5.32 Å². The van der Waals surface area contributed by atoms with Gasteiger partial charge in [-0.2, -0.15) is 0 Å². The minimum atomic E-state index is -1.04. The van der Waals surface area contributed by atoms with E-state index in [4.69, 9.17) is 9.84 Å². The molecule has 1 aromatic rings. The first-order valence-electron chi connectivity index (χ1n) is 7.32. The summed E-state index contributed by atoms with van der Waals surface area (Å²) in [6.07, 6.45) is 3.83. The number of hydrogen-bond donors (Lipinski definition) is 2. The highest BCUT2D eigenvalue weighted by Crippen LogP contribution is 2.20. The molecule has 0 aliphatic rings. The molecular formula is C17H23NO4. The minimum absolute atomic E-state index is 0.00525. The molecule has 1 atom stereocenters. The van der Waals surface area contributed by atoms with Gasteiger partial charge in [0.1, 0.15) is 11.8 Å². The number of rotatable bonds is 8. The molecule has 0 heterocycles. The lowest BCUT2D eigenvalue weighted by molar-refractivity contribution is -0.141. The van der Waals surface area contributed by atoms with Gasteiger partial charge in [-0.25, -0.2) is 4.79 Å². The number of benzene rings is 1. The van der Waals surface area contributed by atoms with Crippen molar-refractivity contribution in [3.05, 3.63) is 42.0 Å². The molecule has 22 heavy (non-hydrogen) atoms. The zero-order chi connectivity index (χ0) is 16.5. The maximum Gasteiger partial charge on any atom is 0.326 e. The number of nitrogens with one attached hydrogen (secondary N) is 1. The number of para-hydroxylation sites is 1. The van der Waals surface area contributed by atoms with E-state index < -0.39 is 12.0 Å². The molecule has 120 valence electrons. The first kappa shape index (κ1) is 17.8. The van der Waals surface area contributed by atoms with Crippen LogP contribution in [0.1, 0.15) is 32.8 Å². The number of carboxylic acid groups (broad SMARTS) is 1. The van der Waals surface area contributed by atoms with Crippen molar-refractivity contribution in [2.45, 2.75) is 45.8 Å². The second-order valence-corrected chi connectivity index (χ2v) is 5.21. The third-order valence-electron chi connectivity index (χ3n) is 2.93. The molecule has 1 amide bonds. The van der Waals surface area contributed by atoms with Crippen LogP contribution in [0.4, 0.5) is 0 Å². The quantitative estimate of drug-likeness (QED) is 0.724. The van der Waals surface area contributed by atoms with Crippen LogP contribution in [0, 0.1) is 0 Å². The summed E-state index contributed by atoms with van der Waals surface area (Å²) in [5.74, 6) is -0.733. The summed E-state index contributed by atoms with van der Waals surface area (Å²) < 4.78 is 5.66. The highest BCUT2D eigenvalue weighted by molar-refractivity contribution is 5.85. The summed E-state index contributed by atoms with van der Waals surface area (Å²) in [5.41, 5.74) is 0.740. The zero-order valence-electron chi connectivity index (χ0n) is 13.2. The molecule has 0 aliphatic carbocycles. The van der Waals surface area contributed by atoms with Crippen molar-refractivity contribution < 1.29 is 19.4 Å². The largest absolute Gasteiger partial charge is 0.491 e. The van der Waals surface area contributed by atoms with E-state index in [2.05, 4.69) is 5.32 Å². The van der Waals surface area contributed by atoms with E-state index in [1.54, 1.807) is 31.2 Å². The Morgan fingerprint density at radius 3 is 2.59 bits per heavy atom. The summed E-state index contributed by atoms with van der Waals surface area (Å²) in [6, 6.07) is 6.35. The van der Waals surface area contributed by atoms with Gasteiger partial charge in [-0.3, -0.25) is 4.79 Å². The second kappa shape index (κ2) is 8.87. The normalized spacial score (nSPS) is 12.4. The molecule has 5 nitrogen and oxygen atoms in total. The first-order valence-corrected chi connectivity index (χ1v) is 7.32. The molecule has 0 saturated carbocycles. The second-order valence-electron chi connectivity index (χ2n) is 5.21. The number of allylic oxidation sites excluding steroid dienone is 1. The van der Waals surface area contributed by atoms with Crippen LogP contribution in [0.3, 0.4) is 0 Å². The third-order valence-corrected chi connectivity index (χ3v) is 2.93. The van der Waals surface area contributed by atoms with Crippen molar-refractivity contribution in [2.24, 2.45) is 0 Å². The van der Waals surface area contributed by atoms with Crippen LogP contribution >= 0.6 is 0 Å². The number of hydrogen-bond acceptors (Lipinski definition) is 3. The van der Waals surface area contributed by atoms with Crippen molar-refractivity contribution in [3.8, 4) is 5.75 Å². The predicted molar refractivity (Wildman–Crippen MR) is 84.9 cm³/mol. The lowest BCUT2D eigenvalue weighted by Crippen LogP contribution is -2.41. The molecule has 5 heteroatoms. The van der Waals surface area contributed by atoms with Gasteiger partial charge in [0.25, 0.3) is 0 Å². The highest BCUT2D eigenvalue weighted by atomic mass is 16.5. The summed E-state index contributed by atoms with van der Waals surface area (Å²) in [5, 5.41) is 11.7. The van der Waals surface area contributed by atoms with Crippen molar-refractivity contribution >= 4 is 11.9 Å². The van der Waals surface area contributed by atoms with E-state index in [9.17, 15) is 9.59 Å². The zero-order valence-corrected chi connectivity index (χ0v) is 13.2. The molecule has 0 aromatic heterocycles. The lowest BCUT2D eigenvalue weighted by atomic mass is 10.1. The number of carboxylic acids is 1. The third kappa shape index (κ3) is 5.99. The van der Waals surface area contributed by atoms with E-state index >= 15 is 0 Å². The van der Waals surface area contributed by atoms with E-state index in [0.717, 1.165) is 5.56 Å². The van der Waals surface area contributed by atoms with Crippen LogP contribution in [-0.2, 0) is 16.0 Å². The van der Waals surface area contributed by atoms with E-state index in [0.29, 0.717) is 5.75 Å². The van der Waals surface area contributed by atoms with Gasteiger partial charge in [0.05, 0.1) is 12.5 Å². The van der Waals surface area contributed by atoms with Gasteiger partial charge < -0.3 is 15.2 Å². The van der Waals surface area contributed by atoms with Crippen molar-refractivity contribution in [2.75, 3.05) is 0 Å². The molecule has 0 spiro atoms. The SMILES string of the molecule is C/C=C/CC(NC(=O)Cc1ccccc1OC(C)C)C(=O)O. The van der Waals surface area contributed by atoms with Crippen LogP contribution < -0.4 is 10.1 Å². The topological polar surface area (TPSA) is 75.6 Å². The van der Waals surface area contributed by atoms with Gasteiger partial charge in [0.2, 0.25) is 5.91 Å². The number of carbonyl (C=O) groups excluding carboxylic acids is 1. The Labute approximate surface area is 131 Å². The molecule has 0 radical (unpaired) electrons.